The Balaban J connectivity index is 1.54. The Kier molecular flexibility index (Phi) is 5.45. The Morgan fingerprint density at radius 1 is 0.774 bits per heavy atom. The molecule has 6 nitrogen and oxygen atoms in total. The van der Waals surface area contributed by atoms with E-state index in [1.807, 2.05) is 70.0 Å². The zero-order valence-electron chi connectivity index (χ0n) is 17.7. The number of rotatable bonds is 4. The van der Waals surface area contributed by atoms with Gasteiger partial charge >= 0.3 is 184 Å². The van der Waals surface area contributed by atoms with Crippen LogP contribution in [0, 0.1) is 0 Å². The van der Waals surface area contributed by atoms with Crippen molar-refractivity contribution < 1.29 is 14.5 Å². The summed E-state index contributed by atoms with van der Waals surface area (Å²) < 4.78 is 4.06. The molecule has 0 aromatic heterocycles. The number of imide groups is 1. The topological polar surface area (TPSA) is 64.1 Å². The fraction of sp³-hybridized carbons (Fsp3) is 0.417. The van der Waals surface area contributed by atoms with Gasteiger partial charge in [-0.15, -0.1) is 0 Å². The van der Waals surface area contributed by atoms with Gasteiger partial charge in [0, 0.05) is 0 Å². The summed E-state index contributed by atoms with van der Waals surface area (Å²) in [5.74, 6) is -0.287. The fourth-order valence-electron chi connectivity index (χ4n) is 5.58. The summed E-state index contributed by atoms with van der Waals surface area (Å²) >= 11 is 0. The van der Waals surface area contributed by atoms with E-state index in [2.05, 4.69) is 0 Å². The van der Waals surface area contributed by atoms with E-state index in [1.54, 1.807) is 0 Å². The van der Waals surface area contributed by atoms with Crippen molar-refractivity contribution in [1.29, 1.82) is 0 Å². The molecule has 1 N–H and O–H groups in total. The second kappa shape index (κ2) is 8.25. The van der Waals surface area contributed by atoms with Gasteiger partial charge in [-0.1, -0.05) is 0 Å². The fourth-order valence-corrected chi connectivity index (χ4v) is 9.46. The molecule has 31 heavy (non-hydrogen) atoms. The Morgan fingerprint density at radius 2 is 1.29 bits per heavy atom. The van der Waals surface area contributed by atoms with Crippen LogP contribution < -0.4 is 9.34 Å². The quantitative estimate of drug-likeness (QED) is 0.577. The maximum atomic E-state index is 13.7. The molecule has 3 fully saturated rings. The molecule has 164 valence electrons. The van der Waals surface area contributed by atoms with E-state index >= 15 is 0 Å². The molecule has 0 bridgehead atoms. The number of carbonyl (C=O) groups is 2. The third-order valence-corrected chi connectivity index (χ3v) is 11.0. The van der Waals surface area contributed by atoms with Crippen molar-refractivity contribution in [3.8, 4) is 0 Å². The Bertz CT molecular complexity index is 902. The molecule has 0 spiro atoms. The van der Waals surface area contributed by atoms with Crippen LogP contribution in [0.25, 0.3) is 0 Å². The number of amides is 2. The van der Waals surface area contributed by atoms with E-state index in [4.69, 9.17) is 0 Å². The summed E-state index contributed by atoms with van der Waals surface area (Å²) in [5, 5.41) is 0. The summed E-state index contributed by atoms with van der Waals surface area (Å²) in [4.78, 5) is 40.7. The van der Waals surface area contributed by atoms with Gasteiger partial charge < -0.3 is 0 Å². The second-order valence-electron chi connectivity index (χ2n) is 8.81. The molecule has 2 saturated heterocycles. The summed E-state index contributed by atoms with van der Waals surface area (Å²) in [5.41, 5.74) is 1.13. The van der Waals surface area contributed by atoms with Crippen molar-refractivity contribution in [3.63, 3.8) is 0 Å². The van der Waals surface area contributed by atoms with Crippen LogP contribution in [0.4, 0.5) is 11.4 Å². The molecule has 1 atom stereocenters. The van der Waals surface area contributed by atoms with E-state index in [-0.39, 0.29) is 24.3 Å². The molecule has 2 heterocycles. The first kappa shape index (κ1) is 20.5. The predicted molar refractivity (Wildman–Crippen MR) is 125 cm³/mol. The van der Waals surface area contributed by atoms with Crippen molar-refractivity contribution in [2.45, 2.75) is 50.2 Å². The van der Waals surface area contributed by atoms with Gasteiger partial charge in [-0.2, -0.15) is 0 Å². The van der Waals surface area contributed by atoms with E-state index < -0.39 is 13.4 Å². The predicted octanol–water partition coefficient (Wildman–Crippen LogP) is 3.96. The standard InChI is InChI=1S/C24H30N3O3P/c28-23-18-22(24(29)27(23)21-14-8-3-9-15-21)31(30)25(19-10-4-1-5-11-19)16-17-26(31)20-12-6-2-7-13-20/h1-2,4-7,10-13,21-22,30-31H,3,8-9,14-18H2. The normalized spacial score (nSPS) is 25.3. The van der Waals surface area contributed by atoms with Crippen LogP contribution in [-0.2, 0) is 9.59 Å². The van der Waals surface area contributed by atoms with Gasteiger partial charge in [0.25, 0.3) is 0 Å². The number of benzene rings is 2. The van der Waals surface area contributed by atoms with Gasteiger partial charge in [0.05, 0.1) is 0 Å². The van der Waals surface area contributed by atoms with E-state index in [0.29, 0.717) is 13.1 Å². The zero-order chi connectivity index (χ0) is 21.4. The summed E-state index contributed by atoms with van der Waals surface area (Å²) in [6.07, 6.45) is 5.15. The van der Waals surface area contributed by atoms with Crippen LogP contribution in [0.5, 0.6) is 0 Å². The first-order valence-electron chi connectivity index (χ1n) is 11.3. The number of hydrogen-bond donors (Lipinski definition) is 1. The van der Waals surface area contributed by atoms with Crippen molar-refractivity contribution >= 4 is 31.0 Å². The van der Waals surface area contributed by atoms with E-state index in [9.17, 15) is 14.5 Å². The number of hydrogen-bond acceptors (Lipinski definition) is 5. The molecule has 1 unspecified atom stereocenters. The molecule has 3 aliphatic rings. The molecule has 1 aliphatic carbocycles. The van der Waals surface area contributed by atoms with E-state index in [1.165, 1.54) is 11.3 Å². The molecule has 0 radical (unpaired) electrons. The summed E-state index contributed by atoms with van der Waals surface area (Å²) in [7, 11) is -3.55. The number of likely N-dealkylation sites (tertiary alicyclic amines) is 1. The van der Waals surface area contributed by atoms with Gasteiger partial charge in [-0.25, -0.2) is 0 Å². The van der Waals surface area contributed by atoms with Crippen LogP contribution in [0.15, 0.2) is 60.7 Å². The van der Waals surface area contributed by atoms with Crippen molar-refractivity contribution in [2.75, 3.05) is 22.4 Å². The molecule has 7 heteroatoms. The second-order valence-corrected chi connectivity index (χ2v) is 12.0. The number of nitrogens with zero attached hydrogens (tertiary/aromatic N) is 3. The number of para-hydroxylation sites is 2. The molecule has 2 aromatic carbocycles. The molecular weight excluding hydrogens is 409 g/mol. The van der Waals surface area contributed by atoms with Crippen LogP contribution in [0.1, 0.15) is 38.5 Å². The minimum atomic E-state index is -3.55. The van der Waals surface area contributed by atoms with Gasteiger partial charge in [0.2, 0.25) is 0 Å². The van der Waals surface area contributed by atoms with Crippen molar-refractivity contribution in [3.05, 3.63) is 60.7 Å². The Morgan fingerprint density at radius 3 is 1.81 bits per heavy atom. The summed E-state index contributed by atoms with van der Waals surface area (Å²) in [6, 6.07) is 19.6. The zero-order valence-corrected chi connectivity index (χ0v) is 18.7. The van der Waals surface area contributed by atoms with Crippen LogP contribution in [0.2, 0.25) is 0 Å². The Hall–Kier alpha value is -2.43. The molecular formula is C24H30N3O3P. The van der Waals surface area contributed by atoms with Gasteiger partial charge in [-0.3, -0.25) is 0 Å². The third kappa shape index (κ3) is 3.42. The molecule has 2 aromatic rings. The minimum absolute atomic E-state index is 0.00639. The van der Waals surface area contributed by atoms with Crippen LogP contribution in [0.3, 0.4) is 0 Å². The average molecular weight is 439 g/mol. The Labute approximate surface area is 184 Å². The SMILES string of the molecule is O=C1CC([PH]2(O)N(c3ccccc3)CCN2c2ccccc2)C(=O)N1C1CCCCC1. The van der Waals surface area contributed by atoms with Crippen molar-refractivity contribution in [1.82, 2.24) is 4.90 Å². The van der Waals surface area contributed by atoms with E-state index in [0.717, 1.165) is 37.1 Å². The maximum absolute atomic E-state index is 13.7. The van der Waals surface area contributed by atoms with Crippen molar-refractivity contribution in [2.24, 2.45) is 0 Å². The monoisotopic (exact) mass is 439 g/mol. The summed E-state index contributed by atoms with van der Waals surface area (Å²) in [6.45, 7) is 1.26. The first-order valence-corrected chi connectivity index (χ1v) is 13.3. The average Bonchev–Trinajstić information content (AvgIpc) is 3.32. The van der Waals surface area contributed by atoms with Gasteiger partial charge in [0.1, 0.15) is 0 Å². The van der Waals surface area contributed by atoms with Gasteiger partial charge in [-0.05, 0) is 0 Å². The third-order valence-electron chi connectivity index (χ3n) is 7.07. The number of carbonyl (C=O) groups excluding carboxylic acids is 2. The van der Waals surface area contributed by atoms with Crippen LogP contribution in [-0.4, -0.2) is 46.4 Å². The molecule has 2 aliphatic heterocycles. The molecule has 2 amide bonds. The van der Waals surface area contributed by atoms with Crippen LogP contribution >= 0.6 is 7.79 Å². The first-order chi connectivity index (χ1) is 15.1. The molecule has 1 saturated carbocycles. The number of anilines is 2. The van der Waals surface area contributed by atoms with Gasteiger partial charge in [0.15, 0.2) is 0 Å². The molecule has 5 rings (SSSR count).